The SMILES string of the molecule is C=Nc1cc(-c2cccc(OC(F)(F)F)c2)nc(NCC2(F)CCCNC2)c1N=C. The van der Waals surface area contributed by atoms with Crippen LogP contribution in [0.1, 0.15) is 12.8 Å². The Morgan fingerprint density at radius 3 is 2.67 bits per heavy atom. The van der Waals surface area contributed by atoms with Gasteiger partial charge in [0.2, 0.25) is 0 Å². The average molecular weight is 423 g/mol. The monoisotopic (exact) mass is 423 g/mol. The molecule has 1 aromatic heterocycles. The molecule has 0 radical (unpaired) electrons. The topological polar surface area (TPSA) is 70.9 Å². The van der Waals surface area contributed by atoms with E-state index in [4.69, 9.17) is 0 Å². The lowest BCUT2D eigenvalue weighted by Crippen LogP contribution is -2.46. The summed E-state index contributed by atoms with van der Waals surface area (Å²) in [5.74, 6) is -0.166. The summed E-state index contributed by atoms with van der Waals surface area (Å²) in [5.41, 5.74) is -0.210. The smallest absolute Gasteiger partial charge is 0.406 e. The minimum Gasteiger partial charge on any atom is -0.406 e. The Bertz CT molecular complexity index is 926. The van der Waals surface area contributed by atoms with Crippen molar-refractivity contribution in [2.75, 3.05) is 25.0 Å². The number of nitrogens with one attached hydrogen (secondary N) is 2. The van der Waals surface area contributed by atoms with Crippen LogP contribution in [-0.4, -0.2) is 50.1 Å². The van der Waals surface area contributed by atoms with Gasteiger partial charge in [-0.25, -0.2) is 9.37 Å². The molecule has 0 spiro atoms. The number of halogens is 4. The van der Waals surface area contributed by atoms with E-state index >= 15 is 0 Å². The summed E-state index contributed by atoms with van der Waals surface area (Å²) in [7, 11) is 0. The largest absolute Gasteiger partial charge is 0.573 e. The minimum absolute atomic E-state index is 0.0211. The van der Waals surface area contributed by atoms with Gasteiger partial charge in [-0.2, -0.15) is 0 Å². The van der Waals surface area contributed by atoms with Gasteiger partial charge in [-0.15, -0.1) is 13.2 Å². The van der Waals surface area contributed by atoms with Crippen molar-refractivity contribution in [1.29, 1.82) is 0 Å². The van der Waals surface area contributed by atoms with Gasteiger partial charge in [0.25, 0.3) is 0 Å². The third kappa shape index (κ3) is 5.32. The van der Waals surface area contributed by atoms with Gasteiger partial charge >= 0.3 is 6.36 Å². The maximum Gasteiger partial charge on any atom is 0.573 e. The summed E-state index contributed by atoms with van der Waals surface area (Å²) in [6, 6.07) is 6.89. The van der Waals surface area contributed by atoms with Gasteiger partial charge in [0.1, 0.15) is 17.1 Å². The third-order valence-electron chi connectivity index (χ3n) is 4.66. The molecule has 2 N–H and O–H groups in total. The lowest BCUT2D eigenvalue weighted by atomic mass is 9.96. The van der Waals surface area contributed by atoms with Gasteiger partial charge < -0.3 is 15.4 Å². The van der Waals surface area contributed by atoms with Crippen LogP contribution >= 0.6 is 0 Å². The van der Waals surface area contributed by atoms with Crippen LogP contribution < -0.4 is 15.4 Å². The molecule has 1 fully saturated rings. The molecule has 160 valence electrons. The summed E-state index contributed by atoms with van der Waals surface area (Å²) in [4.78, 5) is 12.2. The summed E-state index contributed by atoms with van der Waals surface area (Å²) < 4.78 is 56.5. The number of aromatic nitrogens is 1. The molecule has 10 heteroatoms. The Morgan fingerprint density at radius 1 is 1.23 bits per heavy atom. The molecule has 1 unspecified atom stereocenters. The highest BCUT2D eigenvalue weighted by atomic mass is 19.4. The van der Waals surface area contributed by atoms with E-state index in [2.05, 4.69) is 43.8 Å². The highest BCUT2D eigenvalue weighted by Crippen LogP contribution is 2.38. The molecule has 0 aliphatic carbocycles. The first-order chi connectivity index (χ1) is 14.2. The van der Waals surface area contributed by atoms with E-state index in [9.17, 15) is 17.6 Å². The van der Waals surface area contributed by atoms with Crippen LogP contribution in [0.3, 0.4) is 0 Å². The molecular weight excluding hydrogens is 402 g/mol. The van der Waals surface area contributed by atoms with E-state index in [0.29, 0.717) is 29.8 Å². The number of alkyl halides is 4. The Morgan fingerprint density at radius 2 is 2.03 bits per heavy atom. The van der Waals surface area contributed by atoms with Gasteiger partial charge in [-0.1, -0.05) is 12.1 Å². The lowest BCUT2D eigenvalue weighted by molar-refractivity contribution is -0.274. The van der Waals surface area contributed by atoms with Gasteiger partial charge in [0.15, 0.2) is 5.82 Å². The molecule has 1 aromatic carbocycles. The second-order valence-corrected chi connectivity index (χ2v) is 6.90. The fourth-order valence-electron chi connectivity index (χ4n) is 3.25. The zero-order chi connectivity index (χ0) is 21.8. The van der Waals surface area contributed by atoms with Gasteiger partial charge in [-0.3, -0.25) is 9.98 Å². The quantitative estimate of drug-likeness (QED) is 0.495. The fourth-order valence-corrected chi connectivity index (χ4v) is 3.25. The van der Waals surface area contributed by atoms with Crippen LogP contribution in [-0.2, 0) is 0 Å². The van der Waals surface area contributed by atoms with Crippen molar-refractivity contribution >= 4 is 30.6 Å². The van der Waals surface area contributed by atoms with Crippen LogP contribution in [0.25, 0.3) is 11.3 Å². The first-order valence-corrected chi connectivity index (χ1v) is 9.21. The summed E-state index contributed by atoms with van der Waals surface area (Å²) >= 11 is 0. The normalized spacial score (nSPS) is 19.2. The lowest BCUT2D eigenvalue weighted by Gasteiger charge is -2.30. The molecule has 1 aliphatic heterocycles. The Hall–Kier alpha value is -3.01. The number of hydrogen-bond acceptors (Lipinski definition) is 6. The molecule has 6 nitrogen and oxygen atoms in total. The zero-order valence-corrected chi connectivity index (χ0v) is 16.1. The molecule has 0 bridgehead atoms. The number of pyridine rings is 1. The summed E-state index contributed by atoms with van der Waals surface area (Å²) in [6.45, 7) is 7.95. The number of aliphatic imine (C=N–C) groups is 2. The van der Waals surface area contributed by atoms with E-state index in [0.717, 1.165) is 6.54 Å². The van der Waals surface area contributed by atoms with Gasteiger partial charge in [0, 0.05) is 12.1 Å². The van der Waals surface area contributed by atoms with E-state index in [-0.39, 0.29) is 30.3 Å². The van der Waals surface area contributed by atoms with Crippen LogP contribution in [0, 0.1) is 0 Å². The van der Waals surface area contributed by atoms with Crippen molar-refractivity contribution in [3.8, 4) is 17.0 Å². The number of ether oxygens (including phenoxy) is 1. The standard InChI is InChI=1S/C20H21F4N5O/c1-25-16-10-15(13-5-3-6-14(9-13)30-20(22,23)24)29-18(17(16)26-2)28-12-19(21)7-4-8-27-11-19/h3,5-6,9-10,27H,1-2,4,7-8,11-12H2,(H,28,29). The van der Waals surface area contributed by atoms with Crippen molar-refractivity contribution in [2.24, 2.45) is 9.98 Å². The molecule has 3 rings (SSSR count). The fraction of sp³-hybridized carbons (Fsp3) is 0.350. The maximum atomic E-state index is 15.0. The number of anilines is 1. The third-order valence-corrected chi connectivity index (χ3v) is 4.66. The number of rotatable bonds is 7. The van der Waals surface area contributed by atoms with Crippen molar-refractivity contribution in [2.45, 2.75) is 24.9 Å². The highest BCUT2D eigenvalue weighted by Gasteiger charge is 2.32. The number of benzene rings is 1. The van der Waals surface area contributed by atoms with E-state index in [1.807, 2.05) is 0 Å². The van der Waals surface area contributed by atoms with Crippen molar-refractivity contribution < 1.29 is 22.3 Å². The van der Waals surface area contributed by atoms with Crippen molar-refractivity contribution in [3.63, 3.8) is 0 Å². The summed E-state index contributed by atoms with van der Waals surface area (Å²) in [5, 5.41) is 5.97. The van der Waals surface area contributed by atoms with Crippen molar-refractivity contribution in [3.05, 3.63) is 30.3 Å². The van der Waals surface area contributed by atoms with E-state index < -0.39 is 12.0 Å². The Labute approximate surface area is 171 Å². The van der Waals surface area contributed by atoms with E-state index in [1.165, 1.54) is 24.3 Å². The molecule has 0 amide bonds. The Balaban J connectivity index is 1.94. The average Bonchev–Trinajstić information content (AvgIpc) is 2.71. The molecule has 0 saturated carbocycles. The predicted octanol–water partition coefficient (Wildman–Crippen LogP) is 4.82. The first-order valence-electron chi connectivity index (χ1n) is 9.21. The number of nitrogens with zero attached hydrogens (tertiary/aromatic N) is 3. The molecular formula is C20H21F4N5O. The molecule has 2 heterocycles. The van der Waals surface area contributed by atoms with Crippen LogP contribution in [0.4, 0.5) is 34.8 Å². The minimum atomic E-state index is -4.81. The number of piperidine rings is 1. The molecule has 1 aliphatic rings. The van der Waals surface area contributed by atoms with Crippen molar-refractivity contribution in [1.82, 2.24) is 10.3 Å². The first kappa shape index (κ1) is 21.7. The second-order valence-electron chi connectivity index (χ2n) is 6.90. The van der Waals surface area contributed by atoms with Gasteiger partial charge in [-0.05, 0) is 51.0 Å². The predicted molar refractivity (Wildman–Crippen MR) is 109 cm³/mol. The summed E-state index contributed by atoms with van der Waals surface area (Å²) in [6.07, 6.45) is -3.71. The van der Waals surface area contributed by atoms with E-state index in [1.54, 1.807) is 6.07 Å². The van der Waals surface area contributed by atoms with Crippen LogP contribution in [0.5, 0.6) is 5.75 Å². The molecule has 2 aromatic rings. The molecule has 1 atom stereocenters. The Kier molecular flexibility index (Phi) is 6.35. The van der Waals surface area contributed by atoms with Crippen LogP contribution in [0.15, 0.2) is 40.3 Å². The van der Waals surface area contributed by atoms with Gasteiger partial charge in [0.05, 0.1) is 17.9 Å². The molecule has 30 heavy (non-hydrogen) atoms. The zero-order valence-electron chi connectivity index (χ0n) is 16.1. The second kappa shape index (κ2) is 8.78. The maximum absolute atomic E-state index is 15.0. The van der Waals surface area contributed by atoms with Crippen LogP contribution in [0.2, 0.25) is 0 Å². The number of hydrogen-bond donors (Lipinski definition) is 2. The molecule has 1 saturated heterocycles. The highest BCUT2D eigenvalue weighted by molar-refractivity contribution is 5.82.